The highest BCUT2D eigenvalue weighted by Gasteiger charge is 2.40. The van der Waals surface area contributed by atoms with Gasteiger partial charge in [0.1, 0.15) is 5.82 Å². The van der Waals surface area contributed by atoms with Crippen molar-refractivity contribution in [2.75, 3.05) is 20.6 Å². The average Bonchev–Trinajstić information content (AvgIpc) is 3.34. The summed E-state index contributed by atoms with van der Waals surface area (Å²) in [6.07, 6.45) is 3.34. The van der Waals surface area contributed by atoms with Gasteiger partial charge in [0.2, 0.25) is 11.8 Å². The zero-order valence-corrected chi connectivity index (χ0v) is 13.7. The van der Waals surface area contributed by atoms with Crippen LogP contribution in [-0.4, -0.2) is 42.3 Å². The van der Waals surface area contributed by atoms with Gasteiger partial charge >= 0.3 is 0 Å². The SMILES string of the molecule is CN(CC1CC1)C(=O)C1CCC(=O)N(C)C1c1ccc(F)cc1. The number of amides is 2. The van der Waals surface area contributed by atoms with Crippen LogP contribution >= 0.6 is 0 Å². The van der Waals surface area contributed by atoms with E-state index in [1.807, 2.05) is 11.9 Å². The summed E-state index contributed by atoms with van der Waals surface area (Å²) in [6, 6.07) is 5.81. The predicted molar refractivity (Wildman–Crippen MR) is 85.0 cm³/mol. The third-order valence-electron chi connectivity index (χ3n) is 4.99. The molecule has 0 spiro atoms. The fourth-order valence-corrected chi connectivity index (χ4v) is 3.47. The second-order valence-corrected chi connectivity index (χ2v) is 6.81. The number of benzene rings is 1. The first-order chi connectivity index (χ1) is 11.0. The maximum Gasteiger partial charge on any atom is 0.227 e. The average molecular weight is 318 g/mol. The Bertz CT molecular complexity index is 598. The highest BCUT2D eigenvalue weighted by molar-refractivity contribution is 5.84. The van der Waals surface area contributed by atoms with Crippen LogP contribution in [0.4, 0.5) is 4.39 Å². The lowest BCUT2D eigenvalue weighted by Crippen LogP contribution is -2.47. The number of carbonyl (C=O) groups is 2. The molecule has 0 bridgehead atoms. The second kappa shape index (κ2) is 6.30. The number of piperidine rings is 1. The Balaban J connectivity index is 1.84. The van der Waals surface area contributed by atoms with Crippen LogP contribution in [0, 0.1) is 17.7 Å². The van der Waals surface area contributed by atoms with Crippen molar-refractivity contribution in [2.24, 2.45) is 11.8 Å². The Labute approximate surface area is 136 Å². The fraction of sp³-hybridized carbons (Fsp3) is 0.556. The van der Waals surface area contributed by atoms with Crippen LogP contribution in [0.25, 0.3) is 0 Å². The van der Waals surface area contributed by atoms with Gasteiger partial charge in [0.25, 0.3) is 0 Å². The van der Waals surface area contributed by atoms with Crippen LogP contribution in [0.3, 0.4) is 0 Å². The molecule has 0 aromatic heterocycles. The number of likely N-dealkylation sites (tertiary alicyclic amines) is 1. The normalized spacial score (nSPS) is 24.7. The molecule has 1 aliphatic heterocycles. The van der Waals surface area contributed by atoms with Gasteiger partial charge in [-0.2, -0.15) is 0 Å². The Morgan fingerprint density at radius 1 is 1.26 bits per heavy atom. The first kappa shape index (κ1) is 16.0. The van der Waals surface area contributed by atoms with Crippen molar-refractivity contribution in [3.63, 3.8) is 0 Å². The molecule has 23 heavy (non-hydrogen) atoms. The Hall–Kier alpha value is -1.91. The molecule has 4 nitrogen and oxygen atoms in total. The summed E-state index contributed by atoms with van der Waals surface area (Å²) in [5.74, 6) is 0.189. The number of nitrogens with zero attached hydrogens (tertiary/aromatic N) is 2. The lowest BCUT2D eigenvalue weighted by molar-refractivity contribution is -0.146. The number of rotatable bonds is 4. The van der Waals surface area contributed by atoms with E-state index in [-0.39, 0.29) is 29.6 Å². The van der Waals surface area contributed by atoms with E-state index >= 15 is 0 Å². The molecule has 3 rings (SSSR count). The molecule has 5 heteroatoms. The van der Waals surface area contributed by atoms with E-state index in [0.717, 1.165) is 12.1 Å². The Kier molecular flexibility index (Phi) is 4.37. The first-order valence-electron chi connectivity index (χ1n) is 8.23. The number of carbonyl (C=O) groups excluding carboxylic acids is 2. The van der Waals surface area contributed by atoms with Gasteiger partial charge in [0.05, 0.1) is 12.0 Å². The molecule has 2 fully saturated rings. The lowest BCUT2D eigenvalue weighted by Gasteiger charge is -2.40. The van der Waals surface area contributed by atoms with E-state index in [9.17, 15) is 14.0 Å². The van der Waals surface area contributed by atoms with E-state index in [4.69, 9.17) is 0 Å². The van der Waals surface area contributed by atoms with Crippen molar-refractivity contribution in [1.29, 1.82) is 0 Å². The zero-order valence-electron chi connectivity index (χ0n) is 13.7. The molecular weight excluding hydrogens is 295 g/mol. The minimum atomic E-state index is -0.314. The molecular formula is C18H23FN2O2. The molecule has 124 valence electrons. The molecule has 1 heterocycles. The summed E-state index contributed by atoms with van der Waals surface area (Å²) >= 11 is 0. The van der Waals surface area contributed by atoms with Crippen molar-refractivity contribution >= 4 is 11.8 Å². The minimum Gasteiger partial charge on any atom is -0.345 e. The maximum absolute atomic E-state index is 13.2. The maximum atomic E-state index is 13.2. The van der Waals surface area contributed by atoms with Gasteiger partial charge in [-0.05, 0) is 42.9 Å². The van der Waals surface area contributed by atoms with Crippen LogP contribution in [0.5, 0.6) is 0 Å². The molecule has 0 radical (unpaired) electrons. The first-order valence-corrected chi connectivity index (χ1v) is 8.23. The van der Waals surface area contributed by atoms with E-state index in [0.29, 0.717) is 18.8 Å². The van der Waals surface area contributed by atoms with Crippen LogP contribution in [0.2, 0.25) is 0 Å². The highest BCUT2D eigenvalue weighted by Crippen LogP contribution is 2.37. The molecule has 1 aromatic carbocycles. The van der Waals surface area contributed by atoms with Gasteiger partial charge in [-0.1, -0.05) is 12.1 Å². The van der Waals surface area contributed by atoms with Crippen LogP contribution in [-0.2, 0) is 9.59 Å². The molecule has 2 unspecified atom stereocenters. The van der Waals surface area contributed by atoms with Crippen molar-refractivity contribution in [1.82, 2.24) is 9.80 Å². The van der Waals surface area contributed by atoms with Gasteiger partial charge in [0.15, 0.2) is 0 Å². The van der Waals surface area contributed by atoms with Gasteiger partial charge in [-0.3, -0.25) is 9.59 Å². The number of halogens is 1. The number of hydrogen-bond acceptors (Lipinski definition) is 2. The Morgan fingerprint density at radius 3 is 2.52 bits per heavy atom. The topological polar surface area (TPSA) is 40.6 Å². The fourth-order valence-electron chi connectivity index (χ4n) is 3.47. The molecule has 1 aliphatic carbocycles. The molecule has 2 aliphatic rings. The van der Waals surface area contributed by atoms with Crippen molar-refractivity contribution in [2.45, 2.75) is 31.7 Å². The number of hydrogen-bond donors (Lipinski definition) is 0. The third-order valence-corrected chi connectivity index (χ3v) is 4.99. The van der Waals surface area contributed by atoms with Gasteiger partial charge in [-0.25, -0.2) is 4.39 Å². The predicted octanol–water partition coefficient (Wildman–Crippen LogP) is 2.60. The third kappa shape index (κ3) is 3.38. The van der Waals surface area contributed by atoms with Crippen LogP contribution < -0.4 is 0 Å². The molecule has 1 saturated carbocycles. The molecule has 2 atom stereocenters. The standard InChI is InChI=1S/C18H23FN2O2/c1-20(11-12-3-4-12)18(23)15-9-10-16(22)21(2)17(15)13-5-7-14(19)8-6-13/h5-8,12,15,17H,3-4,9-11H2,1-2H3. The van der Waals surface area contributed by atoms with Crippen LogP contribution in [0.1, 0.15) is 37.3 Å². The lowest BCUT2D eigenvalue weighted by atomic mass is 9.83. The quantitative estimate of drug-likeness (QED) is 0.856. The summed E-state index contributed by atoms with van der Waals surface area (Å²) in [6.45, 7) is 0.795. The van der Waals surface area contributed by atoms with Crippen LogP contribution in [0.15, 0.2) is 24.3 Å². The van der Waals surface area contributed by atoms with E-state index in [1.165, 1.54) is 25.0 Å². The van der Waals surface area contributed by atoms with Gasteiger partial charge in [0, 0.05) is 27.1 Å². The van der Waals surface area contributed by atoms with Gasteiger partial charge < -0.3 is 9.80 Å². The smallest absolute Gasteiger partial charge is 0.227 e. The summed E-state index contributed by atoms with van der Waals surface area (Å²) < 4.78 is 13.2. The van der Waals surface area contributed by atoms with E-state index in [1.54, 1.807) is 24.1 Å². The molecule has 1 saturated heterocycles. The second-order valence-electron chi connectivity index (χ2n) is 6.81. The van der Waals surface area contributed by atoms with Crippen molar-refractivity contribution in [3.8, 4) is 0 Å². The largest absolute Gasteiger partial charge is 0.345 e. The van der Waals surface area contributed by atoms with E-state index in [2.05, 4.69) is 0 Å². The zero-order chi connectivity index (χ0) is 16.6. The van der Waals surface area contributed by atoms with Gasteiger partial charge in [-0.15, -0.1) is 0 Å². The summed E-state index contributed by atoms with van der Waals surface area (Å²) in [5, 5.41) is 0. The summed E-state index contributed by atoms with van der Waals surface area (Å²) in [4.78, 5) is 28.4. The summed E-state index contributed by atoms with van der Waals surface area (Å²) in [5.41, 5.74) is 0.820. The minimum absolute atomic E-state index is 0.0354. The van der Waals surface area contributed by atoms with E-state index < -0.39 is 0 Å². The monoisotopic (exact) mass is 318 g/mol. The molecule has 0 N–H and O–H groups in total. The van der Waals surface area contributed by atoms with Crippen molar-refractivity contribution in [3.05, 3.63) is 35.6 Å². The van der Waals surface area contributed by atoms with Crippen molar-refractivity contribution < 1.29 is 14.0 Å². The Morgan fingerprint density at radius 2 is 1.91 bits per heavy atom. The highest BCUT2D eigenvalue weighted by atomic mass is 19.1. The molecule has 2 amide bonds. The molecule has 1 aromatic rings. The summed E-state index contributed by atoms with van der Waals surface area (Å²) in [7, 11) is 3.58.